The van der Waals surface area contributed by atoms with Crippen LogP contribution in [0.5, 0.6) is 5.75 Å². The lowest BCUT2D eigenvalue weighted by molar-refractivity contribution is 0.0982. The van der Waals surface area contributed by atoms with Crippen LogP contribution in [0.2, 0.25) is 5.82 Å². The number of benzene rings is 1. The fourth-order valence-corrected chi connectivity index (χ4v) is 2.06. The van der Waals surface area contributed by atoms with Crippen LogP contribution in [0.25, 0.3) is 0 Å². The van der Waals surface area contributed by atoms with Gasteiger partial charge in [-0.2, -0.15) is 0 Å². The van der Waals surface area contributed by atoms with E-state index in [4.69, 9.17) is 12.6 Å². The van der Waals surface area contributed by atoms with Gasteiger partial charge in [0.25, 0.3) is 0 Å². The van der Waals surface area contributed by atoms with Gasteiger partial charge in [-0.1, -0.05) is 6.42 Å². The minimum atomic E-state index is -0.506. The summed E-state index contributed by atoms with van der Waals surface area (Å²) in [4.78, 5) is 11.9. The Morgan fingerprint density at radius 1 is 1.50 bits per heavy atom. The Morgan fingerprint density at radius 2 is 2.25 bits per heavy atom. The van der Waals surface area contributed by atoms with Crippen LogP contribution in [0.4, 0.5) is 4.39 Å². The smallest absolute Gasteiger partial charge is 0.168 e. The van der Waals surface area contributed by atoms with E-state index >= 15 is 0 Å². The number of hydrogen-bond acceptors (Lipinski definition) is 2. The molecule has 2 rings (SSSR count). The maximum absolute atomic E-state index is 13.9. The minimum Gasteiger partial charge on any atom is -0.494 e. The Bertz CT molecular complexity index is 431. The Morgan fingerprint density at radius 3 is 2.94 bits per heavy atom. The first-order valence-electron chi connectivity index (χ1n) is 5.30. The third-order valence-electron chi connectivity index (χ3n) is 2.97. The lowest BCUT2D eigenvalue weighted by atomic mass is 9.79. The van der Waals surface area contributed by atoms with Crippen molar-refractivity contribution in [3.05, 3.63) is 29.1 Å². The van der Waals surface area contributed by atoms with Gasteiger partial charge >= 0.3 is 0 Å². The van der Waals surface area contributed by atoms with Gasteiger partial charge in [0.1, 0.15) is 0 Å². The summed E-state index contributed by atoms with van der Waals surface area (Å²) in [6.07, 6.45) is 1.87. The number of carbonyl (C=O) groups is 1. The van der Waals surface area contributed by atoms with E-state index in [1.807, 2.05) is 0 Å². The van der Waals surface area contributed by atoms with Gasteiger partial charge in [0, 0.05) is 11.1 Å². The summed E-state index contributed by atoms with van der Waals surface area (Å²) < 4.78 is 18.8. The Labute approximate surface area is 95.2 Å². The lowest BCUT2D eigenvalue weighted by Crippen LogP contribution is -2.09. The van der Waals surface area contributed by atoms with Crippen LogP contribution in [0.1, 0.15) is 28.8 Å². The first kappa shape index (κ1) is 11.2. The highest BCUT2D eigenvalue weighted by molar-refractivity contribution is 6.28. The topological polar surface area (TPSA) is 26.3 Å². The molecule has 4 heteroatoms. The summed E-state index contributed by atoms with van der Waals surface area (Å²) in [6.45, 7) is 0. The lowest BCUT2D eigenvalue weighted by Gasteiger charge is -2.10. The van der Waals surface area contributed by atoms with Crippen molar-refractivity contribution in [2.24, 2.45) is 0 Å². The van der Waals surface area contributed by atoms with E-state index in [-0.39, 0.29) is 11.5 Å². The zero-order valence-corrected chi connectivity index (χ0v) is 9.13. The van der Waals surface area contributed by atoms with Crippen molar-refractivity contribution >= 4 is 13.6 Å². The Kier molecular flexibility index (Phi) is 2.99. The number of hydrogen-bond donors (Lipinski definition) is 0. The number of Topliss-reactive ketones (excluding diaryl/α,β-unsaturated/α-hetero) is 1. The maximum atomic E-state index is 13.9. The highest BCUT2D eigenvalue weighted by Gasteiger charge is 2.25. The molecule has 0 heterocycles. The third kappa shape index (κ3) is 1.73. The van der Waals surface area contributed by atoms with E-state index in [0.29, 0.717) is 24.0 Å². The van der Waals surface area contributed by atoms with Crippen molar-refractivity contribution in [1.29, 1.82) is 0 Å². The van der Waals surface area contributed by atoms with Gasteiger partial charge in [-0.05, 0) is 30.8 Å². The number of rotatable bonds is 1. The van der Waals surface area contributed by atoms with Crippen LogP contribution in [0.15, 0.2) is 12.1 Å². The normalized spacial score (nSPS) is 20.1. The summed E-state index contributed by atoms with van der Waals surface area (Å²) in [5.74, 6) is -0.924. The molecular formula is C12H12BFO2. The third-order valence-corrected chi connectivity index (χ3v) is 2.97. The van der Waals surface area contributed by atoms with Crippen molar-refractivity contribution in [1.82, 2.24) is 0 Å². The fraction of sp³-hybridized carbons (Fsp3) is 0.417. The molecule has 0 fully saturated rings. The maximum Gasteiger partial charge on any atom is 0.168 e. The standard InChI is InChI=1S/C12H12BFO2/c1-16-10-6-5-8-7(11(10)14)3-2-4-9(13)12(8)15/h5-6,9H,2-4H2,1H3. The molecule has 0 N–H and O–H groups in total. The second-order valence-electron chi connectivity index (χ2n) is 3.97. The van der Waals surface area contributed by atoms with Crippen molar-refractivity contribution in [3.8, 4) is 5.75 Å². The Balaban J connectivity index is 2.55. The molecule has 1 atom stereocenters. The molecule has 1 aliphatic carbocycles. The average Bonchev–Trinajstić information content (AvgIpc) is 2.42. The van der Waals surface area contributed by atoms with E-state index in [1.54, 1.807) is 6.07 Å². The molecule has 0 bridgehead atoms. The van der Waals surface area contributed by atoms with Gasteiger partial charge in [0.05, 0.1) is 15.0 Å². The zero-order valence-electron chi connectivity index (χ0n) is 9.13. The summed E-state index contributed by atoms with van der Waals surface area (Å²) in [5, 5.41) is 0. The molecule has 1 unspecified atom stereocenters. The molecule has 0 saturated heterocycles. The second-order valence-corrected chi connectivity index (χ2v) is 3.97. The summed E-state index contributed by atoms with van der Waals surface area (Å²) in [7, 11) is 7.12. The molecule has 2 nitrogen and oxygen atoms in total. The highest BCUT2D eigenvalue weighted by Crippen LogP contribution is 2.31. The van der Waals surface area contributed by atoms with Gasteiger partial charge in [0.15, 0.2) is 17.3 Å². The molecule has 0 aliphatic heterocycles. The van der Waals surface area contributed by atoms with Crippen molar-refractivity contribution in [3.63, 3.8) is 0 Å². The van der Waals surface area contributed by atoms with Crippen LogP contribution >= 0.6 is 0 Å². The molecule has 16 heavy (non-hydrogen) atoms. The van der Waals surface area contributed by atoms with E-state index in [1.165, 1.54) is 13.2 Å². The number of ketones is 1. The summed E-state index contributed by atoms with van der Waals surface area (Å²) in [5.41, 5.74) is 0.848. The van der Waals surface area contributed by atoms with Crippen LogP contribution in [-0.4, -0.2) is 20.7 Å². The number of ether oxygens (including phenoxy) is 1. The molecule has 1 aromatic rings. The SMILES string of the molecule is [B]C1CCCc2c(ccc(OC)c2F)C1=O. The van der Waals surface area contributed by atoms with Crippen molar-refractivity contribution in [2.45, 2.75) is 25.1 Å². The molecule has 0 aromatic heterocycles. The number of methoxy groups -OCH3 is 1. The van der Waals surface area contributed by atoms with Crippen LogP contribution in [-0.2, 0) is 6.42 Å². The van der Waals surface area contributed by atoms with Gasteiger partial charge in [-0.3, -0.25) is 4.79 Å². The molecule has 82 valence electrons. The molecular weight excluding hydrogens is 206 g/mol. The van der Waals surface area contributed by atoms with E-state index in [2.05, 4.69) is 0 Å². The van der Waals surface area contributed by atoms with Crippen molar-refractivity contribution < 1.29 is 13.9 Å². The van der Waals surface area contributed by atoms with E-state index < -0.39 is 11.6 Å². The molecule has 1 aliphatic rings. The highest BCUT2D eigenvalue weighted by atomic mass is 19.1. The first-order valence-corrected chi connectivity index (χ1v) is 5.30. The minimum absolute atomic E-state index is 0.172. The van der Waals surface area contributed by atoms with Gasteiger partial charge in [-0.15, -0.1) is 0 Å². The van der Waals surface area contributed by atoms with Gasteiger partial charge in [0.2, 0.25) is 0 Å². The summed E-state index contributed by atoms with van der Waals surface area (Å²) in [6, 6.07) is 3.08. The van der Waals surface area contributed by atoms with Gasteiger partial charge < -0.3 is 4.74 Å². The van der Waals surface area contributed by atoms with Crippen LogP contribution in [0, 0.1) is 5.82 Å². The quantitative estimate of drug-likeness (QED) is 0.534. The van der Waals surface area contributed by atoms with Crippen molar-refractivity contribution in [2.75, 3.05) is 7.11 Å². The number of halogens is 1. The average molecular weight is 218 g/mol. The molecule has 0 amide bonds. The molecule has 0 spiro atoms. The fourth-order valence-electron chi connectivity index (χ4n) is 2.06. The van der Waals surface area contributed by atoms with E-state index in [9.17, 15) is 9.18 Å². The Hall–Kier alpha value is -1.32. The molecule has 2 radical (unpaired) electrons. The number of carbonyl (C=O) groups excluding carboxylic acids is 1. The number of fused-ring (bicyclic) bond motifs is 1. The first-order chi connectivity index (χ1) is 7.65. The predicted octanol–water partition coefficient (Wildman–Crippen LogP) is 2.31. The monoisotopic (exact) mass is 218 g/mol. The largest absolute Gasteiger partial charge is 0.494 e. The summed E-state index contributed by atoms with van der Waals surface area (Å²) >= 11 is 0. The predicted molar refractivity (Wildman–Crippen MR) is 59.7 cm³/mol. The second kappa shape index (κ2) is 4.28. The molecule has 0 saturated carbocycles. The van der Waals surface area contributed by atoms with Crippen LogP contribution in [0.3, 0.4) is 0 Å². The van der Waals surface area contributed by atoms with Crippen LogP contribution < -0.4 is 4.74 Å². The molecule has 1 aromatic carbocycles. The van der Waals surface area contributed by atoms with Gasteiger partial charge in [-0.25, -0.2) is 4.39 Å². The van der Waals surface area contributed by atoms with E-state index in [0.717, 1.165) is 6.42 Å². The zero-order chi connectivity index (χ0) is 11.7.